The van der Waals surface area contributed by atoms with Crippen LogP contribution in [0.15, 0.2) is 18.2 Å². The number of benzene rings is 1. The number of amides is 1. The number of nitrogens with two attached hydrogens (primary N) is 1. The van der Waals surface area contributed by atoms with Crippen LogP contribution in [0.3, 0.4) is 0 Å². The van der Waals surface area contributed by atoms with E-state index in [1.807, 2.05) is 19.0 Å². The molecular formula is C10H14N2O2. The minimum atomic E-state index is -0.450. The number of hydrogen-bond donors (Lipinski definition) is 1. The number of methoxy groups -OCH3 is 1. The van der Waals surface area contributed by atoms with E-state index in [9.17, 15) is 4.79 Å². The molecule has 0 aliphatic rings. The van der Waals surface area contributed by atoms with Gasteiger partial charge in [0.2, 0.25) is 5.91 Å². The van der Waals surface area contributed by atoms with Crippen LogP contribution in [0.25, 0.3) is 0 Å². The van der Waals surface area contributed by atoms with Crippen molar-refractivity contribution in [2.45, 2.75) is 0 Å². The van der Waals surface area contributed by atoms with Gasteiger partial charge in [0.15, 0.2) is 0 Å². The van der Waals surface area contributed by atoms with Gasteiger partial charge in [0.05, 0.1) is 12.8 Å². The van der Waals surface area contributed by atoms with Gasteiger partial charge in [-0.2, -0.15) is 0 Å². The predicted octanol–water partition coefficient (Wildman–Crippen LogP) is 0.860. The van der Waals surface area contributed by atoms with Gasteiger partial charge in [-0.05, 0) is 18.2 Å². The summed E-state index contributed by atoms with van der Waals surface area (Å²) < 4.78 is 5.15. The van der Waals surface area contributed by atoms with E-state index in [-0.39, 0.29) is 0 Å². The van der Waals surface area contributed by atoms with Gasteiger partial charge in [0, 0.05) is 19.7 Å². The summed E-state index contributed by atoms with van der Waals surface area (Å²) in [5, 5.41) is 0. The Bertz CT molecular complexity index is 348. The molecule has 0 heterocycles. The topological polar surface area (TPSA) is 55.6 Å². The fourth-order valence-corrected chi connectivity index (χ4v) is 1.20. The maximum atomic E-state index is 10.9. The lowest BCUT2D eigenvalue weighted by atomic mass is 10.1. The van der Waals surface area contributed by atoms with E-state index in [0.29, 0.717) is 11.3 Å². The van der Waals surface area contributed by atoms with Crippen LogP contribution in [0.4, 0.5) is 5.69 Å². The van der Waals surface area contributed by atoms with Crippen LogP contribution in [0.1, 0.15) is 10.4 Å². The third-order valence-corrected chi connectivity index (χ3v) is 1.95. The smallest absolute Gasteiger partial charge is 0.248 e. The molecule has 1 aromatic carbocycles. The zero-order chi connectivity index (χ0) is 10.7. The molecule has 0 saturated heterocycles. The fourth-order valence-electron chi connectivity index (χ4n) is 1.20. The number of hydrogen-bond acceptors (Lipinski definition) is 3. The zero-order valence-electron chi connectivity index (χ0n) is 8.57. The largest absolute Gasteiger partial charge is 0.495 e. The number of ether oxygens (including phenoxy) is 1. The Kier molecular flexibility index (Phi) is 2.96. The Morgan fingerprint density at radius 3 is 2.50 bits per heavy atom. The average molecular weight is 194 g/mol. The van der Waals surface area contributed by atoms with Crippen molar-refractivity contribution in [1.82, 2.24) is 0 Å². The standard InChI is InChI=1S/C10H14N2O2/c1-12(2)8-5-4-7(10(11)13)6-9(8)14-3/h4-6H,1-3H3,(H2,11,13). The lowest BCUT2D eigenvalue weighted by Gasteiger charge is -2.16. The quantitative estimate of drug-likeness (QED) is 0.776. The highest BCUT2D eigenvalue weighted by Crippen LogP contribution is 2.27. The van der Waals surface area contributed by atoms with Crippen LogP contribution < -0.4 is 15.4 Å². The van der Waals surface area contributed by atoms with Crippen LogP contribution in [-0.2, 0) is 0 Å². The van der Waals surface area contributed by atoms with Crippen molar-refractivity contribution < 1.29 is 9.53 Å². The number of nitrogens with zero attached hydrogens (tertiary/aromatic N) is 1. The molecule has 0 aromatic heterocycles. The lowest BCUT2D eigenvalue weighted by molar-refractivity contribution is 0.1000. The van der Waals surface area contributed by atoms with Crippen molar-refractivity contribution in [3.63, 3.8) is 0 Å². The Labute approximate surface area is 83.3 Å². The number of carbonyl (C=O) groups is 1. The first-order chi connectivity index (χ1) is 6.56. The number of carbonyl (C=O) groups excluding carboxylic acids is 1. The van der Waals surface area contributed by atoms with E-state index in [1.165, 1.54) is 0 Å². The summed E-state index contributed by atoms with van der Waals surface area (Å²) in [4.78, 5) is 12.8. The first-order valence-corrected chi connectivity index (χ1v) is 4.21. The van der Waals surface area contributed by atoms with Crippen LogP contribution >= 0.6 is 0 Å². The second-order valence-electron chi connectivity index (χ2n) is 3.15. The summed E-state index contributed by atoms with van der Waals surface area (Å²) in [6, 6.07) is 5.12. The summed E-state index contributed by atoms with van der Waals surface area (Å²) in [5.41, 5.74) is 6.52. The van der Waals surface area contributed by atoms with Gasteiger partial charge in [-0.15, -0.1) is 0 Å². The summed E-state index contributed by atoms with van der Waals surface area (Å²) >= 11 is 0. The van der Waals surface area contributed by atoms with Crippen molar-refractivity contribution in [3.05, 3.63) is 23.8 Å². The highest BCUT2D eigenvalue weighted by Gasteiger charge is 2.08. The Morgan fingerprint density at radius 2 is 2.07 bits per heavy atom. The molecule has 2 N–H and O–H groups in total. The molecule has 1 rings (SSSR count). The van der Waals surface area contributed by atoms with E-state index in [4.69, 9.17) is 10.5 Å². The van der Waals surface area contributed by atoms with Crippen LogP contribution in [-0.4, -0.2) is 27.1 Å². The molecule has 0 spiro atoms. The number of rotatable bonds is 3. The summed E-state index contributed by atoms with van der Waals surface area (Å²) in [6.45, 7) is 0. The third-order valence-electron chi connectivity index (χ3n) is 1.95. The molecule has 0 fully saturated rings. The molecule has 0 atom stereocenters. The first-order valence-electron chi connectivity index (χ1n) is 4.21. The molecule has 0 bridgehead atoms. The maximum Gasteiger partial charge on any atom is 0.248 e. The first kappa shape index (κ1) is 10.4. The van der Waals surface area contributed by atoms with Crippen LogP contribution in [0.5, 0.6) is 5.75 Å². The molecule has 0 saturated carbocycles. The molecule has 0 radical (unpaired) electrons. The molecule has 76 valence electrons. The van der Waals surface area contributed by atoms with Gasteiger partial charge in [-0.1, -0.05) is 0 Å². The van der Waals surface area contributed by atoms with Crippen molar-refractivity contribution >= 4 is 11.6 Å². The molecule has 0 aliphatic carbocycles. The molecule has 4 heteroatoms. The summed E-state index contributed by atoms with van der Waals surface area (Å²) in [5.74, 6) is 0.194. The zero-order valence-corrected chi connectivity index (χ0v) is 8.57. The fraction of sp³-hybridized carbons (Fsp3) is 0.300. The maximum absolute atomic E-state index is 10.9. The monoisotopic (exact) mass is 194 g/mol. The second kappa shape index (κ2) is 4.00. The van der Waals surface area contributed by atoms with Gasteiger partial charge < -0.3 is 15.4 Å². The van der Waals surface area contributed by atoms with Gasteiger partial charge in [0.1, 0.15) is 5.75 Å². The van der Waals surface area contributed by atoms with E-state index in [2.05, 4.69) is 0 Å². The van der Waals surface area contributed by atoms with E-state index in [1.54, 1.807) is 25.3 Å². The molecule has 1 amide bonds. The van der Waals surface area contributed by atoms with Gasteiger partial charge in [-0.25, -0.2) is 0 Å². The van der Waals surface area contributed by atoms with Gasteiger partial charge in [0.25, 0.3) is 0 Å². The van der Waals surface area contributed by atoms with Crippen molar-refractivity contribution in [2.75, 3.05) is 26.1 Å². The molecule has 14 heavy (non-hydrogen) atoms. The lowest BCUT2D eigenvalue weighted by Crippen LogP contribution is -2.13. The van der Waals surface area contributed by atoms with E-state index >= 15 is 0 Å². The Balaban J connectivity index is 3.18. The van der Waals surface area contributed by atoms with E-state index < -0.39 is 5.91 Å². The van der Waals surface area contributed by atoms with Crippen molar-refractivity contribution in [1.29, 1.82) is 0 Å². The SMILES string of the molecule is COc1cc(C(N)=O)ccc1N(C)C. The molecule has 1 aromatic rings. The van der Waals surface area contributed by atoms with Gasteiger partial charge >= 0.3 is 0 Å². The third kappa shape index (κ3) is 1.96. The molecule has 0 aliphatic heterocycles. The van der Waals surface area contributed by atoms with Crippen LogP contribution in [0, 0.1) is 0 Å². The Morgan fingerprint density at radius 1 is 1.43 bits per heavy atom. The molecular weight excluding hydrogens is 180 g/mol. The molecule has 4 nitrogen and oxygen atoms in total. The van der Waals surface area contributed by atoms with Crippen molar-refractivity contribution in [3.8, 4) is 5.75 Å². The highest BCUT2D eigenvalue weighted by molar-refractivity contribution is 5.94. The normalized spacial score (nSPS) is 9.64. The minimum Gasteiger partial charge on any atom is -0.495 e. The number of primary amides is 1. The second-order valence-corrected chi connectivity index (χ2v) is 3.15. The van der Waals surface area contributed by atoms with Crippen molar-refractivity contribution in [2.24, 2.45) is 5.73 Å². The average Bonchev–Trinajstić information content (AvgIpc) is 2.16. The minimum absolute atomic E-state index is 0.450. The molecule has 0 unspecified atom stereocenters. The summed E-state index contributed by atoms with van der Waals surface area (Å²) in [7, 11) is 5.37. The number of anilines is 1. The predicted molar refractivity (Wildman–Crippen MR) is 55.8 cm³/mol. The van der Waals surface area contributed by atoms with Gasteiger partial charge in [-0.3, -0.25) is 4.79 Å². The Hall–Kier alpha value is -1.71. The summed E-state index contributed by atoms with van der Waals surface area (Å²) in [6.07, 6.45) is 0. The van der Waals surface area contributed by atoms with Crippen LogP contribution in [0.2, 0.25) is 0 Å². The highest BCUT2D eigenvalue weighted by atomic mass is 16.5. The van der Waals surface area contributed by atoms with E-state index in [0.717, 1.165) is 5.69 Å².